The van der Waals surface area contributed by atoms with Gasteiger partial charge in [-0.05, 0) is 55.7 Å². The second kappa shape index (κ2) is 7.46. The summed E-state index contributed by atoms with van der Waals surface area (Å²) < 4.78 is 37.9. The third kappa shape index (κ3) is 4.69. The lowest BCUT2D eigenvalue weighted by Crippen LogP contribution is -2.39. The van der Waals surface area contributed by atoms with Crippen LogP contribution in [0, 0.1) is 13.8 Å². The first-order chi connectivity index (χ1) is 12.7. The Bertz CT molecular complexity index is 821. The Morgan fingerprint density at radius 3 is 2.59 bits per heavy atom. The molecule has 5 nitrogen and oxygen atoms in total. The molecule has 1 fully saturated rings. The van der Waals surface area contributed by atoms with Gasteiger partial charge in [0.2, 0.25) is 0 Å². The standard InChI is InChI=1S/C19H21F3N4O/c1-12-3-5-15(9-13(12)2)24-18(27)25-16-7-8-26(11-16)17-6-4-14(10-23-17)19(20,21)22/h3-6,9-10,16H,7-8,11H2,1-2H3,(H2,24,25,27). The number of alkyl halides is 3. The van der Waals surface area contributed by atoms with Gasteiger partial charge in [-0.15, -0.1) is 0 Å². The van der Waals surface area contributed by atoms with Crippen LogP contribution in [0.1, 0.15) is 23.1 Å². The molecule has 1 saturated heterocycles. The Labute approximate surface area is 155 Å². The van der Waals surface area contributed by atoms with E-state index in [9.17, 15) is 18.0 Å². The van der Waals surface area contributed by atoms with Gasteiger partial charge in [-0.1, -0.05) is 6.07 Å². The Balaban J connectivity index is 1.54. The molecule has 0 bridgehead atoms. The van der Waals surface area contributed by atoms with Crippen LogP contribution in [0.3, 0.4) is 0 Å². The summed E-state index contributed by atoms with van der Waals surface area (Å²) in [4.78, 5) is 17.9. The number of carbonyl (C=O) groups excluding carboxylic acids is 1. The fraction of sp³-hybridized carbons (Fsp3) is 0.368. The summed E-state index contributed by atoms with van der Waals surface area (Å²) in [6.45, 7) is 5.09. The minimum absolute atomic E-state index is 0.0966. The largest absolute Gasteiger partial charge is 0.417 e. The van der Waals surface area contributed by atoms with Crippen LogP contribution in [0.25, 0.3) is 0 Å². The molecular formula is C19H21F3N4O. The molecule has 2 amide bonds. The van der Waals surface area contributed by atoms with Crippen molar-refractivity contribution >= 4 is 17.5 Å². The number of aryl methyl sites for hydroxylation is 2. The van der Waals surface area contributed by atoms with Gasteiger partial charge in [0.05, 0.1) is 5.56 Å². The molecular weight excluding hydrogens is 357 g/mol. The molecule has 8 heteroatoms. The fourth-order valence-corrected chi connectivity index (χ4v) is 3.00. The first kappa shape index (κ1) is 19.0. The van der Waals surface area contributed by atoms with Gasteiger partial charge in [0.1, 0.15) is 5.82 Å². The molecule has 3 rings (SSSR count). The Kier molecular flexibility index (Phi) is 5.25. The number of rotatable bonds is 3. The van der Waals surface area contributed by atoms with Crippen molar-refractivity contribution in [2.45, 2.75) is 32.5 Å². The molecule has 1 aromatic carbocycles. The Hall–Kier alpha value is -2.77. The Morgan fingerprint density at radius 1 is 1.19 bits per heavy atom. The third-order valence-corrected chi connectivity index (χ3v) is 4.69. The first-order valence-electron chi connectivity index (χ1n) is 8.65. The van der Waals surface area contributed by atoms with E-state index in [-0.39, 0.29) is 12.1 Å². The van der Waals surface area contributed by atoms with Gasteiger partial charge in [-0.2, -0.15) is 13.2 Å². The van der Waals surface area contributed by atoms with Crippen molar-refractivity contribution in [3.8, 4) is 0 Å². The van der Waals surface area contributed by atoms with E-state index in [1.165, 1.54) is 6.07 Å². The second-order valence-corrected chi connectivity index (χ2v) is 6.73. The van der Waals surface area contributed by atoms with Gasteiger partial charge in [-0.25, -0.2) is 9.78 Å². The van der Waals surface area contributed by atoms with Crippen molar-refractivity contribution in [1.82, 2.24) is 10.3 Å². The molecule has 1 atom stereocenters. The van der Waals surface area contributed by atoms with Gasteiger partial charge in [0.15, 0.2) is 0 Å². The van der Waals surface area contributed by atoms with E-state index in [1.807, 2.05) is 36.9 Å². The molecule has 144 valence electrons. The second-order valence-electron chi connectivity index (χ2n) is 6.73. The molecule has 1 aromatic heterocycles. The van der Waals surface area contributed by atoms with E-state index in [4.69, 9.17) is 0 Å². The van der Waals surface area contributed by atoms with Crippen LogP contribution in [-0.2, 0) is 6.18 Å². The molecule has 0 saturated carbocycles. The highest BCUT2D eigenvalue weighted by atomic mass is 19.4. The number of urea groups is 1. The van der Waals surface area contributed by atoms with E-state index in [0.29, 0.717) is 25.3 Å². The number of nitrogens with one attached hydrogen (secondary N) is 2. The van der Waals surface area contributed by atoms with Crippen molar-refractivity contribution in [3.05, 3.63) is 53.2 Å². The van der Waals surface area contributed by atoms with Gasteiger partial charge in [0.25, 0.3) is 0 Å². The lowest BCUT2D eigenvalue weighted by atomic mass is 10.1. The highest BCUT2D eigenvalue weighted by Gasteiger charge is 2.31. The van der Waals surface area contributed by atoms with Crippen LogP contribution in [0.2, 0.25) is 0 Å². The number of anilines is 2. The highest BCUT2D eigenvalue weighted by molar-refractivity contribution is 5.89. The number of hydrogen-bond donors (Lipinski definition) is 2. The molecule has 27 heavy (non-hydrogen) atoms. The van der Waals surface area contributed by atoms with Crippen LogP contribution in [-0.4, -0.2) is 30.1 Å². The van der Waals surface area contributed by atoms with Gasteiger partial charge >= 0.3 is 12.2 Å². The molecule has 0 radical (unpaired) electrons. The lowest BCUT2D eigenvalue weighted by Gasteiger charge is -2.19. The summed E-state index contributed by atoms with van der Waals surface area (Å²) >= 11 is 0. The number of benzene rings is 1. The summed E-state index contributed by atoms with van der Waals surface area (Å²) in [5.74, 6) is 0.474. The molecule has 2 N–H and O–H groups in total. The maximum Gasteiger partial charge on any atom is 0.417 e. The number of carbonyl (C=O) groups is 1. The molecule has 0 spiro atoms. The Morgan fingerprint density at radius 2 is 1.96 bits per heavy atom. The maximum atomic E-state index is 12.6. The fourth-order valence-electron chi connectivity index (χ4n) is 3.00. The number of halogens is 3. The molecule has 2 heterocycles. The van der Waals surface area contributed by atoms with Crippen LogP contribution in [0.15, 0.2) is 36.5 Å². The van der Waals surface area contributed by atoms with Crippen LogP contribution in [0.5, 0.6) is 0 Å². The van der Waals surface area contributed by atoms with Crippen LogP contribution >= 0.6 is 0 Å². The average molecular weight is 378 g/mol. The van der Waals surface area contributed by atoms with Crippen molar-refractivity contribution in [1.29, 1.82) is 0 Å². The third-order valence-electron chi connectivity index (χ3n) is 4.69. The van der Waals surface area contributed by atoms with Gasteiger partial charge in [-0.3, -0.25) is 0 Å². The van der Waals surface area contributed by atoms with E-state index < -0.39 is 11.7 Å². The normalized spacial score (nSPS) is 17.1. The number of pyridine rings is 1. The minimum atomic E-state index is -4.40. The van der Waals surface area contributed by atoms with E-state index in [2.05, 4.69) is 15.6 Å². The van der Waals surface area contributed by atoms with E-state index in [1.54, 1.807) is 0 Å². The predicted molar refractivity (Wildman–Crippen MR) is 97.9 cm³/mol. The number of hydrogen-bond acceptors (Lipinski definition) is 3. The lowest BCUT2D eigenvalue weighted by molar-refractivity contribution is -0.137. The monoisotopic (exact) mass is 378 g/mol. The van der Waals surface area contributed by atoms with Crippen LogP contribution < -0.4 is 15.5 Å². The van der Waals surface area contributed by atoms with Crippen molar-refractivity contribution in [2.75, 3.05) is 23.3 Å². The number of nitrogens with zero attached hydrogens (tertiary/aromatic N) is 2. The molecule has 1 unspecified atom stereocenters. The van der Waals surface area contributed by atoms with Crippen molar-refractivity contribution in [3.63, 3.8) is 0 Å². The number of aromatic nitrogens is 1. The minimum Gasteiger partial charge on any atom is -0.354 e. The maximum absolute atomic E-state index is 12.6. The molecule has 2 aromatic rings. The average Bonchev–Trinajstić information content (AvgIpc) is 3.06. The SMILES string of the molecule is Cc1ccc(NC(=O)NC2CCN(c3ccc(C(F)(F)F)cn3)C2)cc1C. The zero-order valence-electron chi connectivity index (χ0n) is 15.1. The summed E-state index contributed by atoms with van der Waals surface area (Å²) in [7, 11) is 0. The highest BCUT2D eigenvalue weighted by Crippen LogP contribution is 2.29. The smallest absolute Gasteiger partial charge is 0.354 e. The van der Waals surface area contributed by atoms with Crippen molar-refractivity contribution < 1.29 is 18.0 Å². The summed E-state index contributed by atoms with van der Waals surface area (Å²) in [6.07, 6.45) is -2.86. The summed E-state index contributed by atoms with van der Waals surface area (Å²) in [5.41, 5.74) is 2.19. The summed E-state index contributed by atoms with van der Waals surface area (Å²) in [6, 6.07) is 7.68. The molecule has 0 aliphatic carbocycles. The van der Waals surface area contributed by atoms with Crippen LogP contribution in [0.4, 0.5) is 29.5 Å². The van der Waals surface area contributed by atoms with E-state index in [0.717, 1.165) is 29.1 Å². The van der Waals surface area contributed by atoms with Gasteiger partial charge in [0, 0.05) is 31.0 Å². The molecule has 1 aliphatic rings. The first-order valence-corrected chi connectivity index (χ1v) is 8.65. The van der Waals surface area contributed by atoms with E-state index >= 15 is 0 Å². The number of amides is 2. The topological polar surface area (TPSA) is 57.3 Å². The zero-order chi connectivity index (χ0) is 19.6. The summed E-state index contributed by atoms with van der Waals surface area (Å²) in [5, 5.41) is 5.70. The quantitative estimate of drug-likeness (QED) is 0.845. The molecule has 1 aliphatic heterocycles. The van der Waals surface area contributed by atoms with Gasteiger partial charge < -0.3 is 15.5 Å². The predicted octanol–water partition coefficient (Wildman–Crippen LogP) is 4.12. The zero-order valence-corrected chi connectivity index (χ0v) is 15.1. The van der Waals surface area contributed by atoms with Crippen molar-refractivity contribution in [2.24, 2.45) is 0 Å².